The van der Waals surface area contributed by atoms with Crippen molar-refractivity contribution in [2.75, 3.05) is 19.6 Å². The van der Waals surface area contributed by atoms with Crippen LogP contribution < -0.4 is 10.6 Å². The number of piperidine rings is 1. The highest BCUT2D eigenvalue weighted by atomic mass is 16.1. The van der Waals surface area contributed by atoms with Gasteiger partial charge < -0.3 is 10.6 Å². The van der Waals surface area contributed by atoms with Gasteiger partial charge in [-0.3, -0.25) is 4.79 Å². The van der Waals surface area contributed by atoms with E-state index in [0.717, 1.165) is 25.9 Å². The molecular weight excluding hydrogens is 176 g/mol. The minimum absolute atomic E-state index is 0.212. The van der Waals surface area contributed by atoms with E-state index in [2.05, 4.69) is 10.6 Å². The van der Waals surface area contributed by atoms with E-state index in [9.17, 15) is 4.79 Å². The lowest BCUT2D eigenvalue weighted by Crippen LogP contribution is -2.38. The van der Waals surface area contributed by atoms with Crippen LogP contribution in [-0.2, 0) is 4.79 Å². The van der Waals surface area contributed by atoms with E-state index in [4.69, 9.17) is 0 Å². The van der Waals surface area contributed by atoms with E-state index < -0.39 is 0 Å². The van der Waals surface area contributed by atoms with Crippen molar-refractivity contribution in [3.63, 3.8) is 0 Å². The number of rotatable bonds is 3. The van der Waals surface area contributed by atoms with Gasteiger partial charge in [-0.25, -0.2) is 0 Å². The summed E-state index contributed by atoms with van der Waals surface area (Å²) >= 11 is 0. The summed E-state index contributed by atoms with van der Waals surface area (Å²) in [7, 11) is 0. The zero-order chi connectivity index (χ0) is 10.4. The molecule has 1 heterocycles. The highest BCUT2D eigenvalue weighted by Gasteiger charge is 2.19. The van der Waals surface area contributed by atoms with Crippen molar-refractivity contribution in [3.05, 3.63) is 11.6 Å². The van der Waals surface area contributed by atoms with Crippen LogP contribution in [-0.4, -0.2) is 25.5 Å². The molecule has 1 rings (SSSR count). The van der Waals surface area contributed by atoms with Crippen molar-refractivity contribution in [2.45, 2.75) is 26.7 Å². The fourth-order valence-electron chi connectivity index (χ4n) is 1.58. The molecule has 0 spiro atoms. The third-order valence-electron chi connectivity index (χ3n) is 2.50. The van der Waals surface area contributed by atoms with Gasteiger partial charge in [-0.2, -0.15) is 0 Å². The summed E-state index contributed by atoms with van der Waals surface area (Å²) in [6.07, 6.45) is 3.99. The second-order valence-corrected chi connectivity index (χ2v) is 4.05. The summed E-state index contributed by atoms with van der Waals surface area (Å²) in [4.78, 5) is 11.6. The summed E-state index contributed by atoms with van der Waals surface area (Å²) in [6, 6.07) is 0. The van der Waals surface area contributed by atoms with Crippen molar-refractivity contribution in [1.82, 2.24) is 10.6 Å². The van der Waals surface area contributed by atoms with Crippen LogP contribution in [0.3, 0.4) is 0 Å². The van der Waals surface area contributed by atoms with Gasteiger partial charge in [-0.15, -0.1) is 0 Å². The van der Waals surface area contributed by atoms with E-state index in [1.165, 1.54) is 5.57 Å². The number of hydrogen-bond acceptors (Lipinski definition) is 2. The largest absolute Gasteiger partial charge is 0.352 e. The van der Waals surface area contributed by atoms with Crippen molar-refractivity contribution in [2.24, 2.45) is 5.92 Å². The Kier molecular flexibility index (Phi) is 4.66. The minimum atomic E-state index is 0.212. The van der Waals surface area contributed by atoms with Crippen molar-refractivity contribution in [3.8, 4) is 0 Å². The Labute approximate surface area is 86.0 Å². The third-order valence-corrected chi connectivity index (χ3v) is 2.50. The Bertz CT molecular complexity index is 213. The number of amides is 1. The molecule has 80 valence electrons. The third kappa shape index (κ3) is 3.92. The molecule has 0 bridgehead atoms. The van der Waals surface area contributed by atoms with Gasteiger partial charge in [0.1, 0.15) is 0 Å². The SMILES string of the molecule is CC(C)=CCNC(=O)C1CCNCC1. The molecule has 0 saturated carbocycles. The molecule has 1 amide bonds. The number of allylic oxidation sites excluding steroid dienone is 1. The summed E-state index contributed by atoms with van der Waals surface area (Å²) in [5.41, 5.74) is 1.25. The molecule has 14 heavy (non-hydrogen) atoms. The van der Waals surface area contributed by atoms with Crippen LogP contribution in [0.5, 0.6) is 0 Å². The zero-order valence-electron chi connectivity index (χ0n) is 9.10. The fourth-order valence-corrected chi connectivity index (χ4v) is 1.58. The zero-order valence-corrected chi connectivity index (χ0v) is 9.10. The average Bonchev–Trinajstić information content (AvgIpc) is 2.18. The Morgan fingerprint density at radius 2 is 2.07 bits per heavy atom. The topological polar surface area (TPSA) is 41.1 Å². The average molecular weight is 196 g/mol. The number of carbonyl (C=O) groups excluding carboxylic acids is 1. The van der Waals surface area contributed by atoms with Crippen LogP contribution in [0.1, 0.15) is 26.7 Å². The number of nitrogens with one attached hydrogen (secondary N) is 2. The Morgan fingerprint density at radius 1 is 1.43 bits per heavy atom. The smallest absolute Gasteiger partial charge is 0.223 e. The molecule has 3 nitrogen and oxygen atoms in total. The monoisotopic (exact) mass is 196 g/mol. The van der Waals surface area contributed by atoms with Crippen molar-refractivity contribution >= 4 is 5.91 Å². The fraction of sp³-hybridized carbons (Fsp3) is 0.727. The highest BCUT2D eigenvalue weighted by molar-refractivity contribution is 5.78. The number of hydrogen-bond donors (Lipinski definition) is 2. The maximum atomic E-state index is 11.6. The molecule has 3 heteroatoms. The van der Waals surface area contributed by atoms with Gasteiger partial charge in [0.05, 0.1) is 0 Å². The van der Waals surface area contributed by atoms with E-state index >= 15 is 0 Å². The van der Waals surface area contributed by atoms with Crippen LogP contribution in [0, 0.1) is 5.92 Å². The Balaban J connectivity index is 2.23. The van der Waals surface area contributed by atoms with Gasteiger partial charge in [-0.05, 0) is 39.8 Å². The molecule has 2 N–H and O–H groups in total. The summed E-state index contributed by atoms with van der Waals surface area (Å²) in [6.45, 7) is 6.69. The molecular formula is C11H20N2O. The van der Waals surface area contributed by atoms with Gasteiger partial charge in [0.15, 0.2) is 0 Å². The normalized spacial score (nSPS) is 17.6. The first-order valence-electron chi connectivity index (χ1n) is 5.32. The highest BCUT2D eigenvalue weighted by Crippen LogP contribution is 2.10. The van der Waals surface area contributed by atoms with E-state index in [1.807, 2.05) is 19.9 Å². The van der Waals surface area contributed by atoms with Crippen molar-refractivity contribution in [1.29, 1.82) is 0 Å². The van der Waals surface area contributed by atoms with E-state index in [0.29, 0.717) is 6.54 Å². The molecule has 1 saturated heterocycles. The van der Waals surface area contributed by atoms with E-state index in [-0.39, 0.29) is 11.8 Å². The molecule has 0 aromatic heterocycles. The lowest BCUT2D eigenvalue weighted by atomic mass is 9.97. The molecule has 1 fully saturated rings. The van der Waals surface area contributed by atoms with Crippen LogP contribution >= 0.6 is 0 Å². The summed E-state index contributed by atoms with van der Waals surface area (Å²) in [5, 5.41) is 6.19. The first-order chi connectivity index (χ1) is 6.70. The Morgan fingerprint density at radius 3 is 2.64 bits per heavy atom. The van der Waals surface area contributed by atoms with Gasteiger partial charge >= 0.3 is 0 Å². The quantitative estimate of drug-likeness (QED) is 0.663. The molecule has 0 atom stereocenters. The minimum Gasteiger partial charge on any atom is -0.352 e. The first-order valence-corrected chi connectivity index (χ1v) is 5.32. The predicted molar refractivity (Wildman–Crippen MR) is 58.0 cm³/mol. The summed E-state index contributed by atoms with van der Waals surface area (Å²) < 4.78 is 0. The predicted octanol–water partition coefficient (Wildman–Crippen LogP) is 1.07. The first kappa shape index (κ1) is 11.2. The molecule has 0 aromatic carbocycles. The van der Waals surface area contributed by atoms with Crippen molar-refractivity contribution < 1.29 is 4.79 Å². The van der Waals surface area contributed by atoms with Crippen LogP contribution in [0.15, 0.2) is 11.6 Å². The van der Waals surface area contributed by atoms with E-state index in [1.54, 1.807) is 0 Å². The van der Waals surface area contributed by atoms with Crippen LogP contribution in [0.4, 0.5) is 0 Å². The van der Waals surface area contributed by atoms with Gasteiger partial charge in [0.25, 0.3) is 0 Å². The maximum absolute atomic E-state index is 11.6. The standard InChI is InChI=1S/C11H20N2O/c1-9(2)3-8-13-11(14)10-4-6-12-7-5-10/h3,10,12H,4-8H2,1-2H3,(H,13,14). The molecule has 0 unspecified atom stereocenters. The maximum Gasteiger partial charge on any atom is 0.223 e. The lowest BCUT2D eigenvalue weighted by molar-refractivity contribution is -0.125. The lowest BCUT2D eigenvalue weighted by Gasteiger charge is -2.21. The molecule has 1 aliphatic rings. The molecule has 0 radical (unpaired) electrons. The van der Waals surface area contributed by atoms with Gasteiger partial charge in [-0.1, -0.05) is 11.6 Å². The second-order valence-electron chi connectivity index (χ2n) is 4.05. The van der Waals surface area contributed by atoms with Crippen LogP contribution in [0.2, 0.25) is 0 Å². The Hall–Kier alpha value is -0.830. The summed E-state index contributed by atoms with van der Waals surface area (Å²) in [5.74, 6) is 0.436. The molecule has 0 aromatic rings. The van der Waals surface area contributed by atoms with Gasteiger partial charge in [0.2, 0.25) is 5.91 Å². The van der Waals surface area contributed by atoms with Gasteiger partial charge in [0, 0.05) is 12.5 Å². The number of carbonyl (C=O) groups is 1. The molecule has 0 aliphatic carbocycles. The van der Waals surface area contributed by atoms with Crippen LogP contribution in [0.25, 0.3) is 0 Å². The second kappa shape index (κ2) is 5.81. The molecule has 1 aliphatic heterocycles.